The molecule has 2 unspecified atom stereocenters. The summed E-state index contributed by atoms with van der Waals surface area (Å²) >= 11 is 0. The summed E-state index contributed by atoms with van der Waals surface area (Å²) in [5.74, 6) is 0.530. The molecule has 0 aromatic rings. The van der Waals surface area contributed by atoms with E-state index in [1.165, 1.54) is 6.08 Å². The molecule has 1 saturated heterocycles. The van der Waals surface area contributed by atoms with Crippen molar-refractivity contribution in [2.45, 2.75) is 31.1 Å². The molecule has 0 aliphatic carbocycles. The van der Waals surface area contributed by atoms with E-state index in [4.69, 9.17) is 22.4 Å². The fraction of sp³-hybridized carbons (Fsp3) is 0.818. The molecule has 4 atom stereocenters. The van der Waals surface area contributed by atoms with Crippen LogP contribution >= 0.6 is 7.60 Å². The first kappa shape index (κ1) is 16.9. The van der Waals surface area contributed by atoms with Crippen LogP contribution in [0.3, 0.4) is 0 Å². The van der Waals surface area contributed by atoms with Crippen molar-refractivity contribution in [1.82, 2.24) is 4.90 Å². The highest BCUT2D eigenvalue weighted by atomic mass is 31.2. The topological polar surface area (TPSA) is 90.2 Å². The highest BCUT2D eigenvalue weighted by molar-refractivity contribution is 7.55. The predicted molar refractivity (Wildman–Crippen MR) is 72.9 cm³/mol. The van der Waals surface area contributed by atoms with Crippen LogP contribution in [0.5, 0.6) is 0 Å². The monoisotopic (exact) mass is 289 g/mol. The molecule has 0 bridgehead atoms. The van der Waals surface area contributed by atoms with E-state index >= 15 is 0 Å². The van der Waals surface area contributed by atoms with E-state index in [-0.39, 0.29) is 5.92 Å². The van der Waals surface area contributed by atoms with Gasteiger partial charge >= 0.3 is 7.60 Å². The van der Waals surface area contributed by atoms with Crippen molar-refractivity contribution in [3.63, 3.8) is 0 Å². The predicted octanol–water partition coefficient (Wildman–Crippen LogP) is -0.110. The van der Waals surface area contributed by atoms with E-state index in [1.807, 2.05) is 19.0 Å². The second-order valence-corrected chi connectivity index (χ2v) is 6.57. The summed E-state index contributed by atoms with van der Waals surface area (Å²) in [5, 5.41) is 10.1. The molecular weight excluding hydrogens is 268 g/mol. The molecule has 0 spiro atoms. The summed E-state index contributed by atoms with van der Waals surface area (Å²) in [6, 6.07) is -0.608. The number of ether oxygens (including phenoxy) is 1. The number of aliphatic hydroxyl groups excluding tert-OH is 1. The zero-order valence-corrected chi connectivity index (χ0v) is 12.1. The Morgan fingerprint density at radius 3 is 2.58 bits per heavy atom. The van der Waals surface area contributed by atoms with E-state index in [1.54, 1.807) is 0 Å². The SMILES string of the molecule is [B][C@@H]1O[C@H](/C=C/P(=O)(O)O)C(O)C1CCCN(C)C. The lowest BCUT2D eigenvalue weighted by atomic mass is 9.82. The molecule has 1 aliphatic rings. The Balaban J connectivity index is 2.53. The lowest BCUT2D eigenvalue weighted by molar-refractivity contribution is 0.0628. The summed E-state index contributed by atoms with van der Waals surface area (Å²) in [5.41, 5.74) is 0. The van der Waals surface area contributed by atoms with Crippen molar-refractivity contribution >= 4 is 15.4 Å². The number of aliphatic hydroxyl groups is 1. The molecule has 0 saturated carbocycles. The van der Waals surface area contributed by atoms with Crippen LogP contribution in [0.25, 0.3) is 0 Å². The van der Waals surface area contributed by atoms with E-state index < -0.39 is 25.8 Å². The average molecular weight is 289 g/mol. The summed E-state index contributed by atoms with van der Waals surface area (Å²) in [6.45, 7) is 0.888. The normalized spacial score (nSPS) is 32.5. The number of hydrogen-bond acceptors (Lipinski definition) is 4. The fourth-order valence-electron chi connectivity index (χ4n) is 2.14. The van der Waals surface area contributed by atoms with Crippen LogP contribution in [-0.2, 0) is 9.30 Å². The maximum absolute atomic E-state index is 10.7. The first-order valence-electron chi connectivity index (χ1n) is 6.19. The van der Waals surface area contributed by atoms with Gasteiger partial charge in [0.05, 0.1) is 6.10 Å². The van der Waals surface area contributed by atoms with Gasteiger partial charge in [-0.05, 0) is 39.6 Å². The van der Waals surface area contributed by atoms with Crippen LogP contribution in [0.15, 0.2) is 11.9 Å². The molecule has 0 amide bonds. The first-order chi connectivity index (χ1) is 8.70. The van der Waals surface area contributed by atoms with Crippen molar-refractivity contribution in [3.8, 4) is 0 Å². The van der Waals surface area contributed by atoms with Gasteiger partial charge in [0.2, 0.25) is 0 Å². The van der Waals surface area contributed by atoms with Gasteiger partial charge in [0.25, 0.3) is 0 Å². The van der Waals surface area contributed by atoms with Gasteiger partial charge in [-0.3, -0.25) is 4.57 Å². The second-order valence-electron chi connectivity index (χ2n) is 5.10. The Labute approximate surface area is 115 Å². The molecule has 6 nitrogen and oxygen atoms in total. The van der Waals surface area contributed by atoms with Gasteiger partial charge in [-0.25, -0.2) is 0 Å². The van der Waals surface area contributed by atoms with Gasteiger partial charge in [0.15, 0.2) is 0 Å². The first-order valence-corrected chi connectivity index (χ1v) is 7.87. The van der Waals surface area contributed by atoms with Gasteiger partial charge in [0, 0.05) is 17.7 Å². The van der Waals surface area contributed by atoms with E-state index in [0.717, 1.165) is 18.8 Å². The van der Waals surface area contributed by atoms with Crippen molar-refractivity contribution in [2.24, 2.45) is 5.92 Å². The smallest absolute Gasteiger partial charge is 0.348 e. The summed E-state index contributed by atoms with van der Waals surface area (Å²) in [4.78, 5) is 19.5. The highest BCUT2D eigenvalue weighted by Crippen LogP contribution is 2.38. The van der Waals surface area contributed by atoms with E-state index in [2.05, 4.69) is 0 Å². The van der Waals surface area contributed by atoms with Crippen molar-refractivity contribution < 1.29 is 24.2 Å². The maximum Gasteiger partial charge on any atom is 0.348 e. The Kier molecular flexibility index (Phi) is 6.24. The Bertz CT molecular complexity index is 359. The minimum Gasteiger partial charge on any atom is -0.390 e. The lowest BCUT2D eigenvalue weighted by Crippen LogP contribution is -2.28. The number of hydrogen-bond donors (Lipinski definition) is 3. The van der Waals surface area contributed by atoms with Crippen LogP contribution in [0, 0.1) is 5.92 Å². The molecule has 3 N–H and O–H groups in total. The van der Waals surface area contributed by atoms with Crippen molar-refractivity contribution in [1.29, 1.82) is 0 Å². The molecule has 2 radical (unpaired) electrons. The second kappa shape index (κ2) is 7.02. The zero-order chi connectivity index (χ0) is 14.6. The largest absolute Gasteiger partial charge is 0.390 e. The molecule has 1 rings (SSSR count). The van der Waals surface area contributed by atoms with E-state index in [0.29, 0.717) is 6.42 Å². The van der Waals surface area contributed by atoms with Crippen molar-refractivity contribution in [3.05, 3.63) is 11.9 Å². The molecule has 1 fully saturated rings. The third-order valence-corrected chi connectivity index (χ3v) is 3.68. The maximum atomic E-state index is 10.7. The minimum absolute atomic E-state index is 0.216. The minimum atomic E-state index is -4.24. The van der Waals surface area contributed by atoms with Crippen LogP contribution in [0.4, 0.5) is 0 Å². The molecule has 8 heteroatoms. The third-order valence-electron chi connectivity index (χ3n) is 3.12. The summed E-state index contributed by atoms with van der Waals surface area (Å²) < 4.78 is 16.1. The zero-order valence-electron chi connectivity index (χ0n) is 11.2. The Hall–Kier alpha value is -0.165. The molecule has 1 heterocycles. The van der Waals surface area contributed by atoms with Crippen LogP contribution in [0.2, 0.25) is 0 Å². The highest BCUT2D eigenvalue weighted by Gasteiger charge is 2.39. The van der Waals surface area contributed by atoms with Gasteiger partial charge in [-0.15, -0.1) is 0 Å². The molecule has 0 aromatic heterocycles. The van der Waals surface area contributed by atoms with Crippen LogP contribution in [-0.4, -0.2) is 66.5 Å². The molecule has 19 heavy (non-hydrogen) atoms. The lowest BCUT2D eigenvalue weighted by Gasteiger charge is -2.18. The summed E-state index contributed by atoms with van der Waals surface area (Å²) in [6.07, 6.45) is 1.19. The van der Waals surface area contributed by atoms with E-state index in [9.17, 15) is 9.67 Å². The Morgan fingerprint density at radius 1 is 1.42 bits per heavy atom. The molecule has 1 aliphatic heterocycles. The molecule has 108 valence electrons. The third kappa shape index (κ3) is 5.77. The Morgan fingerprint density at radius 2 is 2.05 bits per heavy atom. The quantitative estimate of drug-likeness (QED) is 0.467. The van der Waals surface area contributed by atoms with Gasteiger partial charge < -0.3 is 24.5 Å². The van der Waals surface area contributed by atoms with Crippen LogP contribution < -0.4 is 0 Å². The number of nitrogens with zero attached hydrogens (tertiary/aromatic N) is 1. The van der Waals surface area contributed by atoms with Gasteiger partial charge in [0.1, 0.15) is 14.0 Å². The van der Waals surface area contributed by atoms with Gasteiger partial charge in [-0.2, -0.15) is 0 Å². The fourth-order valence-corrected chi connectivity index (χ4v) is 2.53. The molecule has 0 aromatic carbocycles. The van der Waals surface area contributed by atoms with Crippen LogP contribution in [0.1, 0.15) is 12.8 Å². The average Bonchev–Trinajstić information content (AvgIpc) is 2.52. The summed E-state index contributed by atoms with van der Waals surface area (Å²) in [7, 11) is 5.49. The molecular formula is C11H21BNO5P. The standard InChI is InChI=1S/C11H21BNO5P/c1-13(2)6-3-4-8-10(14)9(18-11(8)12)5-7-19(15,16)17/h5,7-11,14H,3-4,6H2,1-2H3,(H2,15,16,17)/b7-5+/t8?,9-,10?,11-/m1/s1. The van der Waals surface area contributed by atoms with Gasteiger partial charge in [-0.1, -0.05) is 0 Å². The number of rotatable bonds is 6. The van der Waals surface area contributed by atoms with Crippen molar-refractivity contribution in [2.75, 3.05) is 20.6 Å².